The van der Waals surface area contributed by atoms with Gasteiger partial charge in [0.15, 0.2) is 4.80 Å². The van der Waals surface area contributed by atoms with Crippen LogP contribution >= 0.6 is 23.1 Å². The van der Waals surface area contributed by atoms with Crippen molar-refractivity contribution in [1.29, 1.82) is 0 Å². The van der Waals surface area contributed by atoms with Crippen molar-refractivity contribution in [2.24, 2.45) is 10.9 Å². The number of nitrogens with zero attached hydrogens (tertiary/aromatic N) is 4. The van der Waals surface area contributed by atoms with E-state index in [9.17, 15) is 24.5 Å². The number of nitro benzene ring substituents is 1. The van der Waals surface area contributed by atoms with Gasteiger partial charge < -0.3 is 14.2 Å². The van der Waals surface area contributed by atoms with Crippen LogP contribution in [0.4, 0.5) is 5.69 Å². The third-order valence-corrected chi connectivity index (χ3v) is 7.09. The Bertz CT molecular complexity index is 1130. The summed E-state index contributed by atoms with van der Waals surface area (Å²) < 4.78 is 7.05. The molecule has 2 amide bonds. The van der Waals surface area contributed by atoms with Gasteiger partial charge in [0.1, 0.15) is 6.54 Å². The highest BCUT2D eigenvalue weighted by molar-refractivity contribution is 8.00. The molecule has 33 heavy (non-hydrogen) atoms. The number of fused-ring (bicyclic) bond motifs is 1. The van der Waals surface area contributed by atoms with Crippen LogP contribution in [0, 0.1) is 16.0 Å². The number of esters is 1. The number of carbonyl (C=O) groups excluding carboxylic acids is 3. The first-order valence-corrected chi connectivity index (χ1v) is 12.6. The highest BCUT2D eigenvalue weighted by Crippen LogP contribution is 2.23. The first-order valence-electron chi connectivity index (χ1n) is 10.6. The lowest BCUT2D eigenvalue weighted by molar-refractivity contribution is -0.384. The molecule has 3 rings (SSSR count). The smallest absolute Gasteiger partial charge is 0.326 e. The van der Waals surface area contributed by atoms with Gasteiger partial charge in [0.25, 0.3) is 11.6 Å². The molecule has 1 aliphatic heterocycles. The van der Waals surface area contributed by atoms with E-state index in [2.05, 4.69) is 11.9 Å². The Morgan fingerprint density at radius 3 is 2.82 bits per heavy atom. The van der Waals surface area contributed by atoms with Gasteiger partial charge >= 0.3 is 5.97 Å². The largest absolute Gasteiger partial charge is 0.465 e. The Morgan fingerprint density at radius 2 is 2.12 bits per heavy atom. The maximum absolute atomic E-state index is 12.5. The Balaban J connectivity index is 1.75. The van der Waals surface area contributed by atoms with E-state index in [1.54, 1.807) is 6.92 Å². The van der Waals surface area contributed by atoms with Crippen LogP contribution in [0.25, 0.3) is 10.2 Å². The zero-order chi connectivity index (χ0) is 24.0. The second-order valence-electron chi connectivity index (χ2n) is 7.77. The van der Waals surface area contributed by atoms with Crippen LogP contribution in [0.5, 0.6) is 0 Å². The second-order valence-corrected chi connectivity index (χ2v) is 9.77. The van der Waals surface area contributed by atoms with Crippen molar-refractivity contribution >= 4 is 56.8 Å². The molecule has 0 saturated carbocycles. The average Bonchev–Trinajstić information content (AvgIpc) is 3.09. The second kappa shape index (κ2) is 11.4. The summed E-state index contributed by atoms with van der Waals surface area (Å²) in [4.78, 5) is 53.8. The molecule has 1 fully saturated rings. The third kappa shape index (κ3) is 6.64. The molecule has 10 nitrogen and oxygen atoms in total. The molecule has 1 aromatic carbocycles. The predicted octanol–water partition coefficient (Wildman–Crippen LogP) is 2.59. The number of rotatable bonds is 8. The molecule has 1 saturated heterocycles. The van der Waals surface area contributed by atoms with Crippen LogP contribution in [0.2, 0.25) is 0 Å². The fourth-order valence-corrected chi connectivity index (χ4v) is 5.40. The molecule has 178 valence electrons. The fourth-order valence-electron chi connectivity index (χ4n) is 3.62. The van der Waals surface area contributed by atoms with Gasteiger partial charge in [0.05, 0.1) is 33.3 Å². The fraction of sp³-hybridized carbons (Fsp3) is 0.524. The number of ether oxygens (including phenoxy) is 1. The van der Waals surface area contributed by atoms with Gasteiger partial charge in [-0.2, -0.15) is 4.99 Å². The Labute approximate surface area is 198 Å². The number of hydrogen-bond donors (Lipinski definition) is 0. The summed E-state index contributed by atoms with van der Waals surface area (Å²) in [5, 5.41) is 11.1. The quantitative estimate of drug-likeness (QED) is 0.314. The number of aromatic nitrogens is 1. The van der Waals surface area contributed by atoms with E-state index < -0.39 is 16.8 Å². The molecule has 0 N–H and O–H groups in total. The van der Waals surface area contributed by atoms with Crippen molar-refractivity contribution < 1.29 is 24.0 Å². The molecular formula is C21H26N4O6S2. The van der Waals surface area contributed by atoms with Crippen LogP contribution in [0.1, 0.15) is 26.7 Å². The van der Waals surface area contributed by atoms with Crippen molar-refractivity contribution in [2.75, 3.05) is 31.2 Å². The number of nitro groups is 1. The Hall–Kier alpha value is -2.73. The predicted molar refractivity (Wildman–Crippen MR) is 126 cm³/mol. The van der Waals surface area contributed by atoms with Crippen molar-refractivity contribution in [1.82, 2.24) is 9.47 Å². The molecule has 0 spiro atoms. The van der Waals surface area contributed by atoms with E-state index in [4.69, 9.17) is 4.74 Å². The lowest BCUT2D eigenvalue weighted by Crippen LogP contribution is -2.40. The SMILES string of the molecule is CCOC(=O)Cn1c(=NC(=O)CSCC(=O)N2CCCC(C)C2)sc2cc([N+](=O)[O-])ccc21. The first kappa shape index (κ1) is 24.9. The van der Waals surface area contributed by atoms with Crippen LogP contribution in [-0.4, -0.2) is 63.4 Å². The summed E-state index contributed by atoms with van der Waals surface area (Å²) in [6.07, 6.45) is 2.12. The van der Waals surface area contributed by atoms with E-state index in [0.29, 0.717) is 16.1 Å². The molecule has 1 aliphatic rings. The summed E-state index contributed by atoms with van der Waals surface area (Å²) in [6.45, 7) is 5.36. The minimum atomic E-state index is -0.506. The molecule has 2 aromatic rings. The number of piperidine rings is 1. The molecule has 0 radical (unpaired) electrons. The number of hydrogen-bond acceptors (Lipinski definition) is 8. The highest BCUT2D eigenvalue weighted by Gasteiger charge is 2.21. The molecule has 0 aliphatic carbocycles. The Kier molecular flexibility index (Phi) is 8.61. The monoisotopic (exact) mass is 494 g/mol. The average molecular weight is 495 g/mol. The van der Waals surface area contributed by atoms with Gasteiger partial charge in [0, 0.05) is 25.2 Å². The summed E-state index contributed by atoms with van der Waals surface area (Å²) in [5.74, 6) is -0.217. The first-order chi connectivity index (χ1) is 15.8. The lowest BCUT2D eigenvalue weighted by atomic mass is 10.0. The maximum Gasteiger partial charge on any atom is 0.326 e. The van der Waals surface area contributed by atoms with E-state index in [-0.39, 0.29) is 41.1 Å². The summed E-state index contributed by atoms with van der Waals surface area (Å²) in [5.41, 5.74) is 0.457. The topological polar surface area (TPSA) is 124 Å². The van der Waals surface area contributed by atoms with Gasteiger partial charge in [-0.15, -0.1) is 11.8 Å². The van der Waals surface area contributed by atoms with Gasteiger partial charge in [-0.05, 0) is 31.7 Å². The molecular weight excluding hydrogens is 468 g/mol. The number of likely N-dealkylation sites (tertiary alicyclic amines) is 1. The van der Waals surface area contributed by atoms with Crippen molar-refractivity contribution in [3.8, 4) is 0 Å². The summed E-state index contributed by atoms with van der Waals surface area (Å²) in [6, 6.07) is 4.25. The van der Waals surface area contributed by atoms with Crippen molar-refractivity contribution in [2.45, 2.75) is 33.2 Å². The normalized spacial score (nSPS) is 16.7. The van der Waals surface area contributed by atoms with Crippen molar-refractivity contribution in [3.05, 3.63) is 33.1 Å². The van der Waals surface area contributed by atoms with Gasteiger partial charge in [-0.3, -0.25) is 24.5 Å². The summed E-state index contributed by atoms with van der Waals surface area (Å²) >= 11 is 2.29. The molecule has 1 aromatic heterocycles. The zero-order valence-electron chi connectivity index (χ0n) is 18.5. The van der Waals surface area contributed by atoms with Crippen molar-refractivity contribution in [3.63, 3.8) is 0 Å². The Morgan fingerprint density at radius 1 is 1.33 bits per heavy atom. The lowest BCUT2D eigenvalue weighted by Gasteiger charge is -2.30. The standard InChI is InChI=1S/C21H26N4O6S2/c1-3-31-20(28)11-24-16-7-6-15(25(29)30)9-17(16)33-21(24)22-18(26)12-32-13-19(27)23-8-4-5-14(2)10-23/h6-7,9,14H,3-5,8,10-13H2,1-2H3. The van der Waals surface area contributed by atoms with E-state index in [0.717, 1.165) is 37.3 Å². The minimum Gasteiger partial charge on any atom is -0.465 e. The number of benzene rings is 1. The van der Waals surface area contributed by atoms with Gasteiger partial charge in [-0.1, -0.05) is 18.3 Å². The minimum absolute atomic E-state index is 0.0168. The summed E-state index contributed by atoms with van der Waals surface area (Å²) in [7, 11) is 0. The molecule has 1 atom stereocenters. The number of non-ortho nitro benzene ring substituents is 1. The molecule has 2 heterocycles. The van der Waals surface area contributed by atoms with Crippen LogP contribution in [0.15, 0.2) is 23.2 Å². The molecule has 1 unspecified atom stereocenters. The third-order valence-electron chi connectivity index (χ3n) is 5.15. The number of carbonyl (C=O) groups is 3. The number of thiazole rings is 1. The van der Waals surface area contributed by atoms with Crippen LogP contribution < -0.4 is 4.80 Å². The molecule has 0 bridgehead atoms. The van der Waals surface area contributed by atoms with E-state index >= 15 is 0 Å². The molecule has 12 heteroatoms. The van der Waals surface area contributed by atoms with Gasteiger partial charge in [-0.25, -0.2) is 0 Å². The van der Waals surface area contributed by atoms with E-state index in [1.807, 2.05) is 4.90 Å². The highest BCUT2D eigenvalue weighted by atomic mass is 32.2. The van der Waals surface area contributed by atoms with Crippen LogP contribution in [0.3, 0.4) is 0 Å². The number of thioether (sulfide) groups is 1. The number of amides is 2. The maximum atomic E-state index is 12.5. The zero-order valence-corrected chi connectivity index (χ0v) is 20.2. The van der Waals surface area contributed by atoms with Crippen LogP contribution in [-0.2, 0) is 25.7 Å². The van der Waals surface area contributed by atoms with Gasteiger partial charge in [0.2, 0.25) is 5.91 Å². The van der Waals surface area contributed by atoms with E-state index in [1.165, 1.54) is 34.5 Å².